The third kappa shape index (κ3) is 4.64. The molecule has 1 aliphatic rings. The van der Waals surface area contributed by atoms with Gasteiger partial charge in [0.05, 0.1) is 20.9 Å². The molecule has 3 aromatic rings. The molecule has 1 aromatic heterocycles. The van der Waals surface area contributed by atoms with Crippen LogP contribution in [0.25, 0.3) is 0 Å². The number of rotatable bonds is 5. The lowest BCUT2D eigenvalue weighted by Gasteiger charge is -2.31. The van der Waals surface area contributed by atoms with E-state index in [4.69, 9.17) is 16.6 Å². The lowest BCUT2D eigenvalue weighted by Crippen LogP contribution is -2.39. The van der Waals surface area contributed by atoms with Crippen LogP contribution in [0.2, 0.25) is 5.02 Å². The number of aromatic nitrogens is 1. The van der Waals surface area contributed by atoms with Crippen molar-refractivity contribution in [2.45, 2.75) is 43.3 Å². The van der Waals surface area contributed by atoms with E-state index in [0.29, 0.717) is 25.9 Å². The van der Waals surface area contributed by atoms with Crippen molar-refractivity contribution in [3.8, 4) is 0 Å². The molecule has 0 amide bonds. The van der Waals surface area contributed by atoms with Gasteiger partial charge in [-0.05, 0) is 61.6 Å². The highest BCUT2D eigenvalue weighted by molar-refractivity contribution is 7.92. The molecule has 4 rings (SSSR count). The van der Waals surface area contributed by atoms with Crippen LogP contribution in [0.5, 0.6) is 0 Å². The predicted octanol–water partition coefficient (Wildman–Crippen LogP) is 5.59. The minimum atomic E-state index is -3.60. The fraction of sp³-hybridized carbons (Fsp3) is 0.348. The molecule has 2 aromatic carbocycles. The second-order valence-electron chi connectivity index (χ2n) is 7.97. The van der Waals surface area contributed by atoms with E-state index in [1.807, 2.05) is 0 Å². The van der Waals surface area contributed by atoms with Gasteiger partial charge in [-0.15, -0.1) is 11.3 Å². The number of piperidine rings is 1. The SMILES string of the molecule is Cc1cccc(C)c1Cc1csc(N2CCC(S(=O)(=O)c3ccc(F)cc3Cl)CC2)n1. The molecule has 2 heterocycles. The van der Waals surface area contributed by atoms with Crippen LogP contribution in [-0.4, -0.2) is 31.7 Å². The Morgan fingerprint density at radius 2 is 1.84 bits per heavy atom. The molecule has 0 radical (unpaired) electrons. The van der Waals surface area contributed by atoms with Crippen molar-refractivity contribution in [3.63, 3.8) is 0 Å². The summed E-state index contributed by atoms with van der Waals surface area (Å²) < 4.78 is 39.3. The average Bonchev–Trinajstić information content (AvgIpc) is 3.19. The first kappa shape index (κ1) is 22.2. The van der Waals surface area contributed by atoms with Crippen molar-refractivity contribution in [2.75, 3.05) is 18.0 Å². The van der Waals surface area contributed by atoms with Gasteiger partial charge in [0.25, 0.3) is 0 Å². The largest absolute Gasteiger partial charge is 0.348 e. The molecular formula is C23H24ClFN2O2S2. The molecule has 4 nitrogen and oxygen atoms in total. The third-order valence-electron chi connectivity index (χ3n) is 5.89. The Balaban J connectivity index is 1.44. The van der Waals surface area contributed by atoms with E-state index in [1.54, 1.807) is 11.3 Å². The molecular weight excluding hydrogens is 455 g/mol. The maximum atomic E-state index is 13.3. The van der Waals surface area contributed by atoms with Crippen molar-refractivity contribution in [2.24, 2.45) is 0 Å². The zero-order chi connectivity index (χ0) is 22.2. The first-order valence-corrected chi connectivity index (χ1v) is 13.0. The maximum Gasteiger partial charge on any atom is 0.185 e. The molecule has 0 unspecified atom stereocenters. The lowest BCUT2D eigenvalue weighted by atomic mass is 9.99. The number of nitrogens with zero attached hydrogens (tertiary/aromatic N) is 2. The van der Waals surface area contributed by atoms with Crippen LogP contribution in [0, 0.1) is 19.7 Å². The predicted molar refractivity (Wildman–Crippen MR) is 125 cm³/mol. The van der Waals surface area contributed by atoms with Crippen LogP contribution < -0.4 is 4.90 Å². The van der Waals surface area contributed by atoms with Crippen LogP contribution in [0.15, 0.2) is 46.7 Å². The van der Waals surface area contributed by atoms with Gasteiger partial charge in [0.2, 0.25) is 0 Å². The molecule has 1 fully saturated rings. The van der Waals surface area contributed by atoms with Crippen molar-refractivity contribution in [1.29, 1.82) is 0 Å². The number of hydrogen-bond acceptors (Lipinski definition) is 5. The monoisotopic (exact) mass is 478 g/mol. The number of halogens is 2. The molecule has 0 bridgehead atoms. The molecule has 0 atom stereocenters. The normalized spacial score (nSPS) is 15.4. The van der Waals surface area contributed by atoms with E-state index < -0.39 is 20.9 Å². The maximum absolute atomic E-state index is 13.3. The Morgan fingerprint density at radius 1 is 1.16 bits per heavy atom. The number of benzene rings is 2. The molecule has 164 valence electrons. The quantitative estimate of drug-likeness (QED) is 0.449. The summed E-state index contributed by atoms with van der Waals surface area (Å²) in [6, 6.07) is 9.76. The van der Waals surface area contributed by atoms with Gasteiger partial charge in [0, 0.05) is 24.9 Å². The van der Waals surface area contributed by atoms with Gasteiger partial charge < -0.3 is 4.90 Å². The first-order chi connectivity index (χ1) is 14.8. The highest BCUT2D eigenvalue weighted by atomic mass is 35.5. The van der Waals surface area contributed by atoms with Crippen LogP contribution in [0.1, 0.15) is 35.2 Å². The Morgan fingerprint density at radius 3 is 2.48 bits per heavy atom. The molecule has 0 saturated carbocycles. The zero-order valence-electron chi connectivity index (χ0n) is 17.4. The van der Waals surface area contributed by atoms with Crippen molar-refractivity contribution in [1.82, 2.24) is 4.98 Å². The van der Waals surface area contributed by atoms with E-state index in [2.05, 4.69) is 42.3 Å². The zero-order valence-corrected chi connectivity index (χ0v) is 19.8. The third-order valence-corrected chi connectivity index (χ3v) is 9.59. The minimum Gasteiger partial charge on any atom is -0.348 e. The number of anilines is 1. The molecule has 1 saturated heterocycles. The number of aryl methyl sites for hydroxylation is 2. The van der Waals surface area contributed by atoms with E-state index in [9.17, 15) is 12.8 Å². The van der Waals surface area contributed by atoms with E-state index in [0.717, 1.165) is 29.4 Å². The molecule has 1 aliphatic heterocycles. The van der Waals surface area contributed by atoms with Gasteiger partial charge in [0.15, 0.2) is 15.0 Å². The second kappa shape index (κ2) is 8.88. The van der Waals surface area contributed by atoms with Gasteiger partial charge >= 0.3 is 0 Å². The molecule has 31 heavy (non-hydrogen) atoms. The van der Waals surface area contributed by atoms with Crippen molar-refractivity contribution < 1.29 is 12.8 Å². The highest BCUT2D eigenvalue weighted by Crippen LogP contribution is 2.32. The van der Waals surface area contributed by atoms with Crippen molar-refractivity contribution >= 4 is 37.9 Å². The fourth-order valence-corrected chi connectivity index (χ4v) is 7.22. The Hall–Kier alpha value is -1.96. The van der Waals surface area contributed by atoms with Gasteiger partial charge in [-0.25, -0.2) is 17.8 Å². The lowest BCUT2D eigenvalue weighted by molar-refractivity contribution is 0.529. The standard InChI is InChI=1S/C23H24ClFN2O2S2/c1-15-4-3-5-16(2)20(15)13-18-14-30-23(26-18)27-10-8-19(9-11-27)31(28,29)22-7-6-17(25)12-21(22)24/h3-7,12,14,19H,8-11,13H2,1-2H3. The Labute approximate surface area is 191 Å². The van der Waals surface area contributed by atoms with Gasteiger partial charge in [-0.3, -0.25) is 0 Å². The average molecular weight is 479 g/mol. The first-order valence-electron chi connectivity index (χ1n) is 10.2. The molecule has 0 N–H and O–H groups in total. The molecule has 0 aliphatic carbocycles. The molecule has 0 spiro atoms. The summed E-state index contributed by atoms with van der Waals surface area (Å²) in [6.07, 6.45) is 1.77. The summed E-state index contributed by atoms with van der Waals surface area (Å²) in [5.74, 6) is -0.542. The van der Waals surface area contributed by atoms with Gasteiger partial charge in [-0.2, -0.15) is 0 Å². The van der Waals surface area contributed by atoms with E-state index in [-0.39, 0.29) is 9.92 Å². The van der Waals surface area contributed by atoms with Crippen LogP contribution in [0.4, 0.5) is 9.52 Å². The van der Waals surface area contributed by atoms with Gasteiger partial charge in [0.1, 0.15) is 5.82 Å². The summed E-state index contributed by atoms with van der Waals surface area (Å²) >= 11 is 7.61. The topological polar surface area (TPSA) is 50.3 Å². The Bertz CT molecular complexity index is 1180. The van der Waals surface area contributed by atoms with E-state index >= 15 is 0 Å². The number of sulfone groups is 1. The highest BCUT2D eigenvalue weighted by Gasteiger charge is 2.33. The fourth-order valence-electron chi connectivity index (χ4n) is 4.07. The van der Waals surface area contributed by atoms with Crippen molar-refractivity contribution in [3.05, 3.63) is 75.0 Å². The minimum absolute atomic E-state index is 0.0131. The summed E-state index contributed by atoms with van der Waals surface area (Å²) in [5.41, 5.74) is 4.87. The molecule has 8 heteroatoms. The van der Waals surface area contributed by atoms with Crippen LogP contribution in [0.3, 0.4) is 0 Å². The summed E-state index contributed by atoms with van der Waals surface area (Å²) in [7, 11) is -3.60. The summed E-state index contributed by atoms with van der Waals surface area (Å²) in [4.78, 5) is 6.98. The summed E-state index contributed by atoms with van der Waals surface area (Å²) in [5, 5.41) is 2.43. The number of thiazole rings is 1. The number of hydrogen-bond donors (Lipinski definition) is 0. The van der Waals surface area contributed by atoms with Crippen LogP contribution in [-0.2, 0) is 16.3 Å². The van der Waals surface area contributed by atoms with Gasteiger partial charge in [-0.1, -0.05) is 29.8 Å². The Kier molecular flexibility index (Phi) is 6.37. The van der Waals surface area contributed by atoms with Crippen LogP contribution >= 0.6 is 22.9 Å². The second-order valence-corrected chi connectivity index (χ2v) is 11.4. The summed E-state index contributed by atoms with van der Waals surface area (Å²) in [6.45, 7) is 5.46. The smallest absolute Gasteiger partial charge is 0.185 e. The van der Waals surface area contributed by atoms with E-state index in [1.165, 1.54) is 22.8 Å².